The van der Waals surface area contributed by atoms with E-state index in [0.717, 1.165) is 43.9 Å². The van der Waals surface area contributed by atoms with Gasteiger partial charge in [-0.3, -0.25) is 0 Å². The van der Waals surface area contributed by atoms with Gasteiger partial charge in [0, 0.05) is 6.42 Å². The van der Waals surface area contributed by atoms with Crippen molar-refractivity contribution in [2.45, 2.75) is 32.6 Å². The Morgan fingerprint density at radius 3 is 2.83 bits per heavy atom. The topological polar surface area (TPSA) is 52.0 Å². The van der Waals surface area contributed by atoms with Gasteiger partial charge in [0.1, 0.15) is 5.76 Å². The molecule has 0 radical (unpaired) electrons. The van der Waals surface area contributed by atoms with E-state index in [1.54, 1.807) is 6.20 Å². The van der Waals surface area contributed by atoms with Crippen molar-refractivity contribution in [3.05, 3.63) is 17.8 Å². The SMILES string of the molecule is Cc1cnc(CCCCCN)o1. The molecule has 0 aliphatic heterocycles. The molecule has 0 aliphatic rings. The van der Waals surface area contributed by atoms with E-state index in [0.29, 0.717) is 0 Å². The fourth-order valence-corrected chi connectivity index (χ4v) is 1.11. The summed E-state index contributed by atoms with van der Waals surface area (Å²) in [6, 6.07) is 0. The summed E-state index contributed by atoms with van der Waals surface area (Å²) in [4.78, 5) is 4.12. The molecule has 0 unspecified atom stereocenters. The minimum atomic E-state index is 0.782. The number of aryl methyl sites for hydroxylation is 2. The van der Waals surface area contributed by atoms with E-state index in [4.69, 9.17) is 10.2 Å². The summed E-state index contributed by atoms with van der Waals surface area (Å²) >= 11 is 0. The van der Waals surface area contributed by atoms with Crippen LogP contribution in [0, 0.1) is 6.92 Å². The summed E-state index contributed by atoms with van der Waals surface area (Å²) in [5, 5.41) is 0. The molecule has 0 bridgehead atoms. The summed E-state index contributed by atoms with van der Waals surface area (Å²) in [6.07, 6.45) is 6.08. The number of rotatable bonds is 5. The Hall–Kier alpha value is -0.830. The van der Waals surface area contributed by atoms with Crippen molar-refractivity contribution in [2.24, 2.45) is 5.73 Å². The van der Waals surface area contributed by atoms with Gasteiger partial charge in [-0.1, -0.05) is 6.42 Å². The van der Waals surface area contributed by atoms with E-state index in [1.165, 1.54) is 0 Å². The van der Waals surface area contributed by atoms with E-state index in [9.17, 15) is 0 Å². The van der Waals surface area contributed by atoms with Gasteiger partial charge in [-0.2, -0.15) is 0 Å². The van der Waals surface area contributed by atoms with Gasteiger partial charge in [-0.25, -0.2) is 4.98 Å². The molecule has 0 aromatic carbocycles. The third-order valence-electron chi connectivity index (χ3n) is 1.76. The molecule has 2 N–H and O–H groups in total. The molecular weight excluding hydrogens is 152 g/mol. The predicted octanol–water partition coefficient (Wildman–Crippen LogP) is 1.65. The third-order valence-corrected chi connectivity index (χ3v) is 1.76. The Balaban J connectivity index is 2.15. The second kappa shape index (κ2) is 4.93. The zero-order chi connectivity index (χ0) is 8.81. The van der Waals surface area contributed by atoms with Crippen molar-refractivity contribution in [3.63, 3.8) is 0 Å². The van der Waals surface area contributed by atoms with Crippen LogP contribution in [0.5, 0.6) is 0 Å². The second-order valence-corrected chi connectivity index (χ2v) is 2.96. The zero-order valence-corrected chi connectivity index (χ0v) is 7.55. The average molecular weight is 168 g/mol. The van der Waals surface area contributed by atoms with Crippen LogP contribution in [0.3, 0.4) is 0 Å². The molecule has 1 rings (SSSR count). The molecule has 12 heavy (non-hydrogen) atoms. The first kappa shape index (κ1) is 9.26. The lowest BCUT2D eigenvalue weighted by Crippen LogP contribution is -1.98. The number of unbranched alkanes of at least 4 members (excludes halogenated alkanes) is 2. The minimum absolute atomic E-state index is 0.782. The largest absolute Gasteiger partial charge is 0.446 e. The Morgan fingerprint density at radius 2 is 2.25 bits per heavy atom. The van der Waals surface area contributed by atoms with Crippen LogP contribution >= 0.6 is 0 Å². The van der Waals surface area contributed by atoms with Crippen LogP contribution < -0.4 is 5.73 Å². The fraction of sp³-hybridized carbons (Fsp3) is 0.667. The van der Waals surface area contributed by atoms with Crippen molar-refractivity contribution in [1.82, 2.24) is 4.98 Å². The van der Waals surface area contributed by atoms with E-state index in [-0.39, 0.29) is 0 Å². The molecule has 1 aromatic heterocycles. The first-order valence-electron chi connectivity index (χ1n) is 4.44. The highest BCUT2D eigenvalue weighted by Gasteiger charge is 1.98. The molecule has 3 nitrogen and oxygen atoms in total. The molecule has 0 saturated carbocycles. The molecule has 0 saturated heterocycles. The zero-order valence-electron chi connectivity index (χ0n) is 7.55. The summed E-state index contributed by atoms with van der Waals surface area (Å²) in [5.41, 5.74) is 5.37. The van der Waals surface area contributed by atoms with Crippen LogP contribution in [0.1, 0.15) is 30.9 Å². The maximum Gasteiger partial charge on any atom is 0.194 e. The Morgan fingerprint density at radius 1 is 1.42 bits per heavy atom. The molecule has 68 valence electrons. The van der Waals surface area contributed by atoms with E-state index in [2.05, 4.69) is 4.98 Å². The Bertz CT molecular complexity index is 220. The van der Waals surface area contributed by atoms with Crippen molar-refractivity contribution in [2.75, 3.05) is 6.54 Å². The molecule has 0 aliphatic carbocycles. The quantitative estimate of drug-likeness (QED) is 0.680. The lowest BCUT2D eigenvalue weighted by atomic mass is 10.2. The monoisotopic (exact) mass is 168 g/mol. The van der Waals surface area contributed by atoms with E-state index in [1.807, 2.05) is 6.92 Å². The average Bonchev–Trinajstić information content (AvgIpc) is 2.45. The van der Waals surface area contributed by atoms with Crippen molar-refractivity contribution >= 4 is 0 Å². The number of aromatic nitrogens is 1. The molecule has 0 atom stereocenters. The third kappa shape index (κ3) is 3.05. The highest BCUT2D eigenvalue weighted by Crippen LogP contribution is 2.06. The van der Waals surface area contributed by atoms with Crippen LogP contribution in [0.15, 0.2) is 10.6 Å². The molecule has 0 fully saturated rings. The summed E-state index contributed by atoms with van der Waals surface area (Å²) < 4.78 is 5.32. The molecule has 1 heterocycles. The number of hydrogen-bond donors (Lipinski definition) is 1. The van der Waals surface area contributed by atoms with Crippen LogP contribution in [0.25, 0.3) is 0 Å². The first-order valence-corrected chi connectivity index (χ1v) is 4.44. The maximum absolute atomic E-state index is 5.37. The minimum Gasteiger partial charge on any atom is -0.446 e. The van der Waals surface area contributed by atoms with Gasteiger partial charge in [0.05, 0.1) is 6.20 Å². The van der Waals surface area contributed by atoms with Gasteiger partial charge in [0.25, 0.3) is 0 Å². The highest BCUT2D eigenvalue weighted by molar-refractivity contribution is 4.90. The molecule has 1 aromatic rings. The molecular formula is C9H16N2O. The van der Waals surface area contributed by atoms with Crippen LogP contribution in [-0.2, 0) is 6.42 Å². The number of nitrogens with two attached hydrogens (primary N) is 1. The number of oxazole rings is 1. The fourth-order valence-electron chi connectivity index (χ4n) is 1.11. The van der Waals surface area contributed by atoms with Crippen molar-refractivity contribution < 1.29 is 4.42 Å². The highest BCUT2D eigenvalue weighted by atomic mass is 16.3. The van der Waals surface area contributed by atoms with Crippen molar-refractivity contribution in [1.29, 1.82) is 0 Å². The lowest BCUT2D eigenvalue weighted by Gasteiger charge is -1.95. The van der Waals surface area contributed by atoms with Gasteiger partial charge < -0.3 is 10.2 Å². The molecule has 0 amide bonds. The van der Waals surface area contributed by atoms with Crippen LogP contribution in [0.2, 0.25) is 0 Å². The van der Waals surface area contributed by atoms with Gasteiger partial charge in [0.15, 0.2) is 5.89 Å². The number of nitrogens with zero attached hydrogens (tertiary/aromatic N) is 1. The van der Waals surface area contributed by atoms with E-state index >= 15 is 0 Å². The Labute approximate surface area is 73.0 Å². The molecule has 3 heteroatoms. The second-order valence-electron chi connectivity index (χ2n) is 2.96. The van der Waals surface area contributed by atoms with Gasteiger partial charge in [0.2, 0.25) is 0 Å². The van der Waals surface area contributed by atoms with E-state index < -0.39 is 0 Å². The standard InChI is InChI=1S/C9H16N2O/c1-8-7-11-9(12-8)5-3-2-4-6-10/h7H,2-6,10H2,1H3. The Kier molecular flexibility index (Phi) is 3.80. The summed E-state index contributed by atoms with van der Waals surface area (Å²) in [6.45, 7) is 2.70. The van der Waals surface area contributed by atoms with Gasteiger partial charge in [-0.05, 0) is 26.3 Å². The smallest absolute Gasteiger partial charge is 0.194 e. The van der Waals surface area contributed by atoms with Gasteiger partial charge >= 0.3 is 0 Å². The normalized spacial score (nSPS) is 10.5. The predicted molar refractivity (Wildman–Crippen MR) is 47.8 cm³/mol. The first-order chi connectivity index (χ1) is 5.83. The van der Waals surface area contributed by atoms with Gasteiger partial charge in [-0.15, -0.1) is 0 Å². The lowest BCUT2D eigenvalue weighted by molar-refractivity contribution is 0.460. The van der Waals surface area contributed by atoms with Crippen molar-refractivity contribution in [3.8, 4) is 0 Å². The number of hydrogen-bond acceptors (Lipinski definition) is 3. The summed E-state index contributed by atoms with van der Waals surface area (Å²) in [5.74, 6) is 1.74. The molecule has 0 spiro atoms. The maximum atomic E-state index is 5.37. The van der Waals surface area contributed by atoms with Crippen LogP contribution in [0.4, 0.5) is 0 Å². The van der Waals surface area contributed by atoms with Crippen LogP contribution in [-0.4, -0.2) is 11.5 Å². The summed E-state index contributed by atoms with van der Waals surface area (Å²) in [7, 11) is 0.